The average molecular weight is 1030 g/mol. The summed E-state index contributed by atoms with van der Waals surface area (Å²) in [5.41, 5.74) is 34.1. The van der Waals surface area contributed by atoms with E-state index in [9.17, 15) is 0 Å². The van der Waals surface area contributed by atoms with Crippen molar-refractivity contribution in [2.45, 2.75) is 83.1 Å². The molecule has 0 saturated carbocycles. The van der Waals surface area contributed by atoms with Gasteiger partial charge in [-0.2, -0.15) is 0 Å². The van der Waals surface area contributed by atoms with Gasteiger partial charge in [0.25, 0.3) is 0 Å². The average Bonchev–Trinajstić information content (AvgIpc) is 4.15. The highest BCUT2D eigenvalue weighted by Crippen LogP contribution is 2.46. The first-order valence-electron chi connectivity index (χ1n) is 27.4. The zero-order chi connectivity index (χ0) is 54.7. The van der Waals surface area contributed by atoms with Crippen LogP contribution in [0.4, 0.5) is 0 Å². The largest absolute Gasteiger partial charge is 0.455 e. The molecule has 0 aliphatic carbocycles. The van der Waals surface area contributed by atoms with Crippen LogP contribution in [0.5, 0.6) is 0 Å². The minimum Gasteiger partial charge on any atom is -0.455 e. The molecule has 3 aromatic heterocycles. The van der Waals surface area contributed by atoms with Crippen LogP contribution >= 0.6 is 0 Å². The van der Waals surface area contributed by atoms with Crippen molar-refractivity contribution in [2.24, 2.45) is 0 Å². The number of aromatic nitrogens is 2. The maximum Gasteiger partial charge on any atom is 0.248 e. The Balaban J connectivity index is 0.859. The summed E-state index contributed by atoms with van der Waals surface area (Å²) in [4.78, 5) is 0. The van der Waals surface area contributed by atoms with Crippen molar-refractivity contribution < 1.29 is 13.3 Å². The molecule has 3 heterocycles. The third-order valence-corrected chi connectivity index (χ3v) is 16.3. The maximum atomic E-state index is 6.84. The summed E-state index contributed by atoms with van der Waals surface area (Å²) in [6.07, 6.45) is 0. The van der Waals surface area contributed by atoms with E-state index in [1.807, 2.05) is 0 Å². The minimum absolute atomic E-state index is 0.448. The first kappa shape index (κ1) is 49.5. The predicted octanol–water partition coefficient (Wildman–Crippen LogP) is 20.9. The molecule has 0 unspecified atom stereocenters. The van der Waals surface area contributed by atoms with Gasteiger partial charge in [-0.25, -0.2) is 0 Å². The molecule has 13 rings (SSSR count). The highest BCUT2D eigenvalue weighted by atomic mass is 16.4. The normalized spacial score (nSPS) is 11.8. The maximum absolute atomic E-state index is 6.84. The molecule has 0 aliphatic rings. The van der Waals surface area contributed by atoms with Crippen LogP contribution < -0.4 is 0 Å². The lowest BCUT2D eigenvalue weighted by molar-refractivity contribution is 0.584. The quantitative estimate of drug-likeness (QED) is 0.152. The second kappa shape index (κ2) is 18.8. The molecule has 386 valence electrons. The lowest BCUT2D eigenvalue weighted by Gasteiger charge is -2.14. The van der Waals surface area contributed by atoms with E-state index < -0.39 is 0 Å². The van der Waals surface area contributed by atoms with Gasteiger partial charge in [-0.1, -0.05) is 107 Å². The van der Waals surface area contributed by atoms with E-state index in [1.54, 1.807) is 0 Å². The van der Waals surface area contributed by atoms with Gasteiger partial charge < -0.3 is 13.3 Å². The summed E-state index contributed by atoms with van der Waals surface area (Å²) in [6.45, 7) is 26.3. The molecule has 0 aliphatic heterocycles. The van der Waals surface area contributed by atoms with Crippen LogP contribution in [0.3, 0.4) is 0 Å². The number of fused-ring (bicyclic) bond motifs is 6. The highest BCUT2D eigenvalue weighted by molar-refractivity contribution is 6.14. The summed E-state index contributed by atoms with van der Waals surface area (Å²) in [5, 5.41) is 13.5. The van der Waals surface area contributed by atoms with Gasteiger partial charge >= 0.3 is 0 Å². The fourth-order valence-corrected chi connectivity index (χ4v) is 13.4. The monoisotopic (exact) mass is 1030 g/mol. The molecule has 0 fully saturated rings. The standard InChI is InChI=1S/C74H62N2O3/c1-39-25-43(5)67(44(6)26-39)55-21-23-65-61(33-55)63-37-57(69-47(9)29-41(3)30-48(69)10)35-59(71(63)77-65)51-13-17-53(18-14-51)73-75-76-74(79-73)54-19-15-52(16-20-54)60-36-58(70-49(11)31-42(4)32-50(70)12)38-64-62-34-56(22-24-66(62)78-72(60)64)68-45(7)27-40(2)28-46(68)8/h13-38H,1-12H3. The highest BCUT2D eigenvalue weighted by Gasteiger charge is 2.22. The zero-order valence-electron chi connectivity index (χ0n) is 47.1. The van der Waals surface area contributed by atoms with Crippen molar-refractivity contribution in [2.75, 3.05) is 0 Å². The summed E-state index contributed by atoms with van der Waals surface area (Å²) in [6, 6.07) is 57.5. The molecule has 0 bridgehead atoms. The van der Waals surface area contributed by atoms with Gasteiger partial charge in [0.15, 0.2) is 0 Å². The predicted molar refractivity (Wildman–Crippen MR) is 329 cm³/mol. The summed E-state index contributed by atoms with van der Waals surface area (Å²) < 4.78 is 20.2. The molecule has 0 amide bonds. The number of benzene rings is 10. The molecule has 13 aromatic rings. The Morgan fingerprint density at radius 1 is 0.241 bits per heavy atom. The number of hydrogen-bond acceptors (Lipinski definition) is 5. The van der Waals surface area contributed by atoms with Crippen LogP contribution in [-0.2, 0) is 0 Å². The second-order valence-corrected chi connectivity index (χ2v) is 22.6. The Kier molecular flexibility index (Phi) is 11.8. The molecule has 0 radical (unpaired) electrons. The first-order valence-corrected chi connectivity index (χ1v) is 27.4. The Hall–Kier alpha value is -9.06. The van der Waals surface area contributed by atoms with Crippen LogP contribution in [0.2, 0.25) is 0 Å². The lowest BCUT2D eigenvalue weighted by atomic mass is 9.89. The molecule has 0 saturated heterocycles. The number of nitrogens with zero attached hydrogens (tertiary/aromatic N) is 2. The van der Waals surface area contributed by atoms with Gasteiger partial charge in [-0.3, -0.25) is 0 Å². The van der Waals surface area contributed by atoms with Crippen LogP contribution in [0.25, 0.3) is 134 Å². The van der Waals surface area contributed by atoms with Gasteiger partial charge in [0.05, 0.1) is 0 Å². The fraction of sp³-hybridized carbons (Fsp3) is 0.162. The van der Waals surface area contributed by atoms with Gasteiger partial charge in [0.2, 0.25) is 11.8 Å². The summed E-state index contributed by atoms with van der Waals surface area (Å²) in [5.74, 6) is 0.897. The Bertz CT molecular complexity index is 4270. The Labute approximate surface area is 462 Å². The van der Waals surface area contributed by atoms with Crippen LogP contribution in [-0.4, -0.2) is 10.2 Å². The van der Waals surface area contributed by atoms with E-state index in [-0.39, 0.29) is 0 Å². The summed E-state index contributed by atoms with van der Waals surface area (Å²) >= 11 is 0. The molecule has 79 heavy (non-hydrogen) atoms. The van der Waals surface area contributed by atoms with E-state index in [4.69, 9.17) is 13.3 Å². The number of furan rings is 2. The van der Waals surface area contributed by atoms with Crippen molar-refractivity contribution in [1.29, 1.82) is 0 Å². The molecule has 10 aromatic carbocycles. The number of rotatable bonds is 8. The van der Waals surface area contributed by atoms with Gasteiger partial charge in [0.1, 0.15) is 22.3 Å². The van der Waals surface area contributed by atoms with Crippen LogP contribution in [0.15, 0.2) is 171 Å². The molecular weight excluding hydrogens is 965 g/mol. The Morgan fingerprint density at radius 3 is 0.823 bits per heavy atom. The SMILES string of the molecule is Cc1cc(C)c(-c2ccc3oc4c(-c5ccc(-c6nnc(-c7ccc(-c8cc(-c9c(C)cc(C)cc9C)cc9c8oc8ccc(-c%10c(C)cc(C)cc%10C)cc89)cc7)o6)cc5)cc(-c5c(C)cc(C)cc5C)cc4c3c2)c(C)c1. The van der Waals surface area contributed by atoms with Crippen LogP contribution in [0.1, 0.15) is 66.8 Å². The third kappa shape index (κ3) is 8.56. The van der Waals surface area contributed by atoms with Crippen LogP contribution in [0, 0.1) is 83.1 Å². The fourth-order valence-electron chi connectivity index (χ4n) is 13.4. The second-order valence-electron chi connectivity index (χ2n) is 22.6. The van der Waals surface area contributed by atoms with E-state index >= 15 is 0 Å². The molecular formula is C74H62N2O3. The third-order valence-electron chi connectivity index (χ3n) is 16.3. The van der Waals surface area contributed by atoms with Gasteiger partial charge in [-0.05, 0) is 256 Å². The molecule has 5 nitrogen and oxygen atoms in total. The Morgan fingerprint density at radius 2 is 0.506 bits per heavy atom. The van der Waals surface area contributed by atoms with Crippen molar-refractivity contribution in [3.05, 3.63) is 224 Å². The molecule has 5 heteroatoms. The molecule has 0 N–H and O–H groups in total. The van der Waals surface area contributed by atoms with Gasteiger partial charge in [0, 0.05) is 43.8 Å². The van der Waals surface area contributed by atoms with Crippen molar-refractivity contribution >= 4 is 43.9 Å². The van der Waals surface area contributed by atoms with Crippen molar-refractivity contribution in [3.63, 3.8) is 0 Å². The lowest BCUT2D eigenvalue weighted by Crippen LogP contribution is -1.92. The topological polar surface area (TPSA) is 65.2 Å². The smallest absolute Gasteiger partial charge is 0.248 e. The number of hydrogen-bond donors (Lipinski definition) is 0. The first-order chi connectivity index (χ1) is 38.0. The van der Waals surface area contributed by atoms with Crippen molar-refractivity contribution in [1.82, 2.24) is 10.2 Å². The zero-order valence-corrected chi connectivity index (χ0v) is 47.1. The molecule has 0 atom stereocenters. The van der Waals surface area contributed by atoms with Crippen molar-refractivity contribution in [3.8, 4) is 89.7 Å². The van der Waals surface area contributed by atoms with E-state index in [0.29, 0.717) is 11.8 Å². The van der Waals surface area contributed by atoms with E-state index in [2.05, 4.69) is 251 Å². The van der Waals surface area contributed by atoms with E-state index in [0.717, 1.165) is 88.4 Å². The van der Waals surface area contributed by atoms with E-state index in [1.165, 1.54) is 100 Å². The molecule has 0 spiro atoms. The minimum atomic E-state index is 0.448. The van der Waals surface area contributed by atoms with Gasteiger partial charge in [-0.15, -0.1) is 10.2 Å². The summed E-state index contributed by atoms with van der Waals surface area (Å²) in [7, 11) is 0. The number of aryl methyl sites for hydroxylation is 12.